The molecule has 3 aromatic heterocycles. The molecular weight excluding hydrogens is 472 g/mol. The maximum Gasteiger partial charge on any atom is 0.274 e. The lowest BCUT2D eigenvalue weighted by molar-refractivity contribution is 0.0962. The van der Waals surface area contributed by atoms with Gasteiger partial charge >= 0.3 is 0 Å². The first-order chi connectivity index (χ1) is 18.5. The molecule has 0 aliphatic heterocycles. The van der Waals surface area contributed by atoms with Crippen LogP contribution in [0.15, 0.2) is 60.2 Å². The Morgan fingerprint density at radius 2 is 1.97 bits per heavy atom. The van der Waals surface area contributed by atoms with Crippen LogP contribution in [-0.2, 0) is 6.42 Å². The van der Waals surface area contributed by atoms with Crippen LogP contribution in [-0.4, -0.2) is 30.6 Å². The van der Waals surface area contributed by atoms with Gasteiger partial charge in [-0.15, -0.1) is 10.2 Å². The van der Waals surface area contributed by atoms with Gasteiger partial charge in [-0.25, -0.2) is 4.98 Å². The van der Waals surface area contributed by atoms with Crippen LogP contribution in [0.5, 0.6) is 0 Å². The number of amides is 1. The van der Waals surface area contributed by atoms with Gasteiger partial charge in [0, 0.05) is 41.0 Å². The number of fused-ring (bicyclic) bond motifs is 1. The van der Waals surface area contributed by atoms with E-state index in [1.54, 1.807) is 0 Å². The third kappa shape index (κ3) is 4.30. The number of allylic oxidation sites excluding steroid dienone is 5. The zero-order valence-electron chi connectivity index (χ0n) is 21.9. The third-order valence-electron chi connectivity index (χ3n) is 8.39. The van der Waals surface area contributed by atoms with Gasteiger partial charge in [0.15, 0.2) is 0 Å². The minimum atomic E-state index is -0.201. The molecule has 2 fully saturated rings. The molecule has 3 heterocycles. The van der Waals surface area contributed by atoms with Gasteiger partial charge in [-0.05, 0) is 99.8 Å². The second-order valence-corrected chi connectivity index (χ2v) is 11.2. The number of rotatable bonds is 6. The van der Waals surface area contributed by atoms with Crippen molar-refractivity contribution < 1.29 is 4.79 Å². The van der Waals surface area contributed by atoms with Crippen LogP contribution in [0.25, 0.3) is 16.7 Å². The minimum Gasteiger partial charge on any atom is -0.321 e. The van der Waals surface area contributed by atoms with E-state index in [4.69, 9.17) is 9.97 Å². The van der Waals surface area contributed by atoms with Crippen molar-refractivity contribution >= 4 is 11.5 Å². The zero-order valence-corrected chi connectivity index (χ0v) is 21.9. The Balaban J connectivity index is 1.21. The van der Waals surface area contributed by atoms with Gasteiger partial charge < -0.3 is 9.88 Å². The standard InChI is InChI=1S/C31H32N6O/c1-18-6-12-25-26(22-9-13-27(32-16-22)20-7-8-20)15-28(35-29(25)19(18)2)31(38)34-23-5-3-4-21(14-23)30-36-33-17-37(30)24-10-11-24/h3,5,9,13-17,20-21,24H,4,6-8,10-12H2,1-2H3,(H,34,38). The van der Waals surface area contributed by atoms with E-state index < -0.39 is 0 Å². The number of hydrogen-bond donors (Lipinski definition) is 1. The van der Waals surface area contributed by atoms with E-state index in [1.807, 2.05) is 24.7 Å². The van der Waals surface area contributed by atoms with E-state index >= 15 is 0 Å². The van der Waals surface area contributed by atoms with Crippen molar-refractivity contribution in [2.45, 2.75) is 76.7 Å². The molecule has 7 nitrogen and oxygen atoms in total. The summed E-state index contributed by atoms with van der Waals surface area (Å²) in [7, 11) is 0. The molecule has 7 rings (SSSR count). The first-order valence-corrected chi connectivity index (χ1v) is 13.8. The summed E-state index contributed by atoms with van der Waals surface area (Å²) in [6.07, 6.45) is 17.6. The molecule has 0 radical (unpaired) electrons. The van der Waals surface area contributed by atoms with Crippen molar-refractivity contribution in [3.8, 4) is 11.1 Å². The maximum absolute atomic E-state index is 13.6. The fourth-order valence-electron chi connectivity index (χ4n) is 5.69. The predicted octanol–water partition coefficient (Wildman–Crippen LogP) is 6.04. The summed E-state index contributed by atoms with van der Waals surface area (Å²) in [5, 5.41) is 11.7. The lowest BCUT2D eigenvalue weighted by Gasteiger charge is -2.23. The van der Waals surface area contributed by atoms with Crippen LogP contribution < -0.4 is 5.32 Å². The molecule has 4 aliphatic carbocycles. The van der Waals surface area contributed by atoms with Crippen molar-refractivity contribution in [3.63, 3.8) is 0 Å². The van der Waals surface area contributed by atoms with Gasteiger partial charge in [-0.1, -0.05) is 17.7 Å². The van der Waals surface area contributed by atoms with Gasteiger partial charge in [0.25, 0.3) is 5.91 Å². The highest BCUT2D eigenvalue weighted by Crippen LogP contribution is 2.41. The molecule has 3 aromatic rings. The second-order valence-electron chi connectivity index (χ2n) is 11.2. The highest BCUT2D eigenvalue weighted by molar-refractivity contribution is 5.96. The Bertz CT molecular complexity index is 1520. The van der Waals surface area contributed by atoms with Gasteiger partial charge in [0.2, 0.25) is 0 Å². The Morgan fingerprint density at radius 3 is 2.74 bits per heavy atom. The molecule has 2 saturated carbocycles. The van der Waals surface area contributed by atoms with Crippen LogP contribution in [0.3, 0.4) is 0 Å². The van der Waals surface area contributed by atoms with Crippen molar-refractivity contribution in [2.75, 3.05) is 0 Å². The predicted molar refractivity (Wildman–Crippen MR) is 146 cm³/mol. The van der Waals surface area contributed by atoms with E-state index in [2.05, 4.69) is 58.2 Å². The van der Waals surface area contributed by atoms with E-state index in [9.17, 15) is 4.79 Å². The van der Waals surface area contributed by atoms with Crippen LogP contribution in [0, 0.1) is 0 Å². The van der Waals surface area contributed by atoms with Crippen molar-refractivity contribution in [3.05, 3.63) is 88.7 Å². The van der Waals surface area contributed by atoms with Crippen molar-refractivity contribution in [1.82, 2.24) is 30.0 Å². The number of hydrogen-bond acceptors (Lipinski definition) is 5. The monoisotopic (exact) mass is 504 g/mol. The lowest BCUT2D eigenvalue weighted by atomic mass is 9.86. The molecule has 0 spiro atoms. The molecule has 192 valence electrons. The Hall–Kier alpha value is -3.87. The molecule has 0 bridgehead atoms. The van der Waals surface area contributed by atoms with Gasteiger partial charge in [0.1, 0.15) is 17.8 Å². The SMILES string of the molecule is CC1=C(C)c2nc(C(=O)NC3=CC(c4nncn4C4CC4)CC=C3)cc(-c3ccc(C4CC4)nc3)c2CC1. The molecule has 7 heteroatoms. The van der Waals surface area contributed by atoms with E-state index in [-0.39, 0.29) is 11.8 Å². The molecule has 1 atom stereocenters. The van der Waals surface area contributed by atoms with Crippen molar-refractivity contribution in [1.29, 1.82) is 0 Å². The molecule has 1 amide bonds. The van der Waals surface area contributed by atoms with Crippen LogP contribution in [0.2, 0.25) is 0 Å². The summed E-state index contributed by atoms with van der Waals surface area (Å²) < 4.78 is 2.19. The average molecular weight is 505 g/mol. The van der Waals surface area contributed by atoms with Crippen LogP contribution in [0.1, 0.15) is 104 Å². The lowest BCUT2D eigenvalue weighted by Crippen LogP contribution is -2.25. The van der Waals surface area contributed by atoms with E-state index in [1.165, 1.54) is 48.1 Å². The summed E-state index contributed by atoms with van der Waals surface area (Å²) in [5.74, 6) is 1.47. The largest absolute Gasteiger partial charge is 0.321 e. The number of aromatic nitrogens is 5. The molecule has 4 aliphatic rings. The second kappa shape index (κ2) is 9.15. The molecule has 1 N–H and O–H groups in total. The average Bonchev–Trinajstić information content (AvgIpc) is 3.89. The summed E-state index contributed by atoms with van der Waals surface area (Å²) in [4.78, 5) is 23.2. The first-order valence-electron chi connectivity index (χ1n) is 13.8. The number of nitrogens with zero attached hydrogens (tertiary/aromatic N) is 5. The highest BCUT2D eigenvalue weighted by atomic mass is 16.1. The zero-order chi connectivity index (χ0) is 25.8. The van der Waals surface area contributed by atoms with Crippen molar-refractivity contribution in [2.24, 2.45) is 0 Å². The Labute approximate surface area is 222 Å². The summed E-state index contributed by atoms with van der Waals surface area (Å²) in [6.45, 7) is 4.28. The molecular formula is C31H32N6O. The highest BCUT2D eigenvalue weighted by Gasteiger charge is 2.30. The number of nitrogens with one attached hydrogen (secondary N) is 1. The quantitative estimate of drug-likeness (QED) is 0.442. The topological polar surface area (TPSA) is 85.6 Å². The summed E-state index contributed by atoms with van der Waals surface area (Å²) in [5.41, 5.74) is 9.12. The smallest absolute Gasteiger partial charge is 0.274 e. The van der Waals surface area contributed by atoms with Gasteiger partial charge in [0.05, 0.1) is 5.69 Å². The molecule has 38 heavy (non-hydrogen) atoms. The molecule has 0 saturated heterocycles. The number of pyridine rings is 2. The molecule has 1 unspecified atom stereocenters. The maximum atomic E-state index is 13.6. The normalized spacial score (nSPS) is 20.8. The van der Waals surface area contributed by atoms with E-state index in [0.717, 1.165) is 47.6 Å². The summed E-state index contributed by atoms with van der Waals surface area (Å²) in [6, 6.07) is 6.77. The fraction of sp³-hybridized carbons (Fsp3) is 0.387. The Kier molecular flexibility index (Phi) is 5.60. The number of carbonyl (C=O) groups is 1. The minimum absolute atomic E-state index is 0.0920. The van der Waals surface area contributed by atoms with Crippen LogP contribution in [0.4, 0.5) is 0 Å². The van der Waals surface area contributed by atoms with Gasteiger partial charge in [-0.3, -0.25) is 9.78 Å². The van der Waals surface area contributed by atoms with Gasteiger partial charge in [-0.2, -0.15) is 0 Å². The van der Waals surface area contributed by atoms with Crippen LogP contribution >= 0.6 is 0 Å². The Morgan fingerprint density at radius 1 is 1.11 bits per heavy atom. The number of carbonyl (C=O) groups excluding carboxylic acids is 1. The fourth-order valence-corrected chi connectivity index (χ4v) is 5.69. The van der Waals surface area contributed by atoms with E-state index in [0.29, 0.717) is 17.7 Å². The summed E-state index contributed by atoms with van der Waals surface area (Å²) >= 11 is 0. The first kappa shape index (κ1) is 23.3. The molecule has 0 aromatic carbocycles. The third-order valence-corrected chi connectivity index (χ3v) is 8.39.